The molecule has 0 saturated heterocycles. The molecule has 2 heterocycles. The maximum Gasteiger partial charge on any atom is 0.137 e. The number of hydrogen-bond acceptors (Lipinski definition) is 3. The fraction of sp³-hybridized carbons (Fsp3) is 0.533. The van der Waals surface area contributed by atoms with E-state index in [-0.39, 0.29) is 0 Å². The van der Waals surface area contributed by atoms with Crippen LogP contribution in [-0.4, -0.2) is 23.5 Å². The summed E-state index contributed by atoms with van der Waals surface area (Å²) in [6, 6.07) is 4.90. The van der Waals surface area contributed by atoms with Gasteiger partial charge in [-0.05, 0) is 30.4 Å². The van der Waals surface area contributed by atoms with Crippen LogP contribution in [0.5, 0.6) is 0 Å². The molecule has 19 heavy (non-hydrogen) atoms. The third-order valence-electron chi connectivity index (χ3n) is 3.97. The van der Waals surface area contributed by atoms with Gasteiger partial charge in [0.25, 0.3) is 0 Å². The minimum absolute atomic E-state index is 0.616. The third kappa shape index (κ3) is 2.72. The Kier molecular flexibility index (Phi) is 4.24. The summed E-state index contributed by atoms with van der Waals surface area (Å²) >= 11 is 7.81. The van der Waals surface area contributed by atoms with Crippen LogP contribution in [0, 0.1) is 0 Å². The summed E-state index contributed by atoms with van der Waals surface area (Å²) in [6.45, 7) is 0.897. The van der Waals surface area contributed by atoms with Gasteiger partial charge in [-0.25, -0.2) is 4.98 Å². The lowest BCUT2D eigenvalue weighted by atomic mass is 9.94. The molecule has 0 aromatic carbocycles. The van der Waals surface area contributed by atoms with Crippen LogP contribution < -0.4 is 4.90 Å². The number of rotatable bonds is 4. The number of hydrogen-bond donors (Lipinski definition) is 0. The van der Waals surface area contributed by atoms with Crippen molar-refractivity contribution in [3.63, 3.8) is 0 Å². The van der Waals surface area contributed by atoms with E-state index in [1.165, 1.54) is 42.2 Å². The number of anilines is 1. The molecule has 0 aliphatic heterocycles. The Bertz CT molecular complexity index is 534. The van der Waals surface area contributed by atoms with Crippen molar-refractivity contribution in [1.29, 1.82) is 0 Å². The van der Waals surface area contributed by atoms with E-state index in [0.717, 1.165) is 12.4 Å². The maximum atomic E-state index is 6.02. The summed E-state index contributed by atoms with van der Waals surface area (Å²) in [4.78, 5) is 7.09. The quantitative estimate of drug-likeness (QED) is 0.762. The first-order valence-corrected chi connectivity index (χ1v) is 8.46. The molecule has 1 saturated carbocycles. The predicted octanol–water partition coefficient (Wildman–Crippen LogP) is 4.67. The van der Waals surface area contributed by atoms with E-state index in [0.29, 0.717) is 11.9 Å². The first-order chi connectivity index (χ1) is 9.40. The van der Waals surface area contributed by atoms with Gasteiger partial charge in [0.1, 0.15) is 5.82 Å². The highest BCUT2D eigenvalue weighted by Gasteiger charge is 2.23. The van der Waals surface area contributed by atoms with Gasteiger partial charge in [0.2, 0.25) is 0 Å². The lowest BCUT2D eigenvalue weighted by Crippen LogP contribution is -2.38. The van der Waals surface area contributed by atoms with Crippen LogP contribution in [-0.2, 0) is 0 Å². The van der Waals surface area contributed by atoms with Gasteiger partial charge in [-0.3, -0.25) is 0 Å². The van der Waals surface area contributed by atoms with E-state index in [2.05, 4.69) is 27.4 Å². The number of nitrogens with zero attached hydrogens (tertiary/aromatic N) is 2. The van der Waals surface area contributed by atoms with Gasteiger partial charge in [-0.2, -0.15) is 0 Å². The van der Waals surface area contributed by atoms with Crippen molar-refractivity contribution < 1.29 is 0 Å². The van der Waals surface area contributed by atoms with Crippen LogP contribution in [0.3, 0.4) is 0 Å². The van der Waals surface area contributed by atoms with Crippen molar-refractivity contribution in [2.75, 3.05) is 17.3 Å². The summed E-state index contributed by atoms with van der Waals surface area (Å²) in [5.74, 6) is 1.80. The van der Waals surface area contributed by atoms with E-state index in [1.807, 2.05) is 6.20 Å². The molecule has 2 nitrogen and oxygen atoms in total. The lowest BCUT2D eigenvalue weighted by molar-refractivity contribution is 0.417. The number of aromatic nitrogens is 1. The number of halogens is 1. The van der Waals surface area contributed by atoms with Gasteiger partial charge in [-0.15, -0.1) is 22.9 Å². The summed E-state index contributed by atoms with van der Waals surface area (Å²) in [5, 5.41) is 3.43. The molecule has 102 valence electrons. The zero-order chi connectivity index (χ0) is 13.1. The van der Waals surface area contributed by atoms with Crippen LogP contribution in [0.1, 0.15) is 32.1 Å². The SMILES string of the molecule is ClCCN(c1nccc2sccc12)C1CCCCC1. The smallest absolute Gasteiger partial charge is 0.137 e. The van der Waals surface area contributed by atoms with Crippen molar-refractivity contribution in [2.24, 2.45) is 0 Å². The third-order valence-corrected chi connectivity index (χ3v) is 5.02. The first-order valence-electron chi connectivity index (χ1n) is 7.05. The monoisotopic (exact) mass is 294 g/mol. The van der Waals surface area contributed by atoms with Crippen molar-refractivity contribution >= 4 is 38.8 Å². The van der Waals surface area contributed by atoms with Gasteiger partial charge in [0.15, 0.2) is 0 Å². The standard InChI is InChI=1S/C15H19ClN2S/c16-8-10-18(12-4-2-1-3-5-12)15-13-7-11-19-14(13)6-9-17-15/h6-7,9,11-12H,1-5,8,10H2. The molecule has 0 radical (unpaired) electrons. The van der Waals surface area contributed by atoms with Crippen molar-refractivity contribution in [2.45, 2.75) is 38.1 Å². The largest absolute Gasteiger partial charge is 0.352 e. The molecular weight excluding hydrogens is 276 g/mol. The van der Waals surface area contributed by atoms with Crippen LogP contribution in [0.15, 0.2) is 23.7 Å². The zero-order valence-electron chi connectivity index (χ0n) is 11.0. The normalized spacial score (nSPS) is 16.9. The molecule has 0 unspecified atom stereocenters. The van der Waals surface area contributed by atoms with Gasteiger partial charge in [0.05, 0.1) is 0 Å². The first kappa shape index (κ1) is 13.2. The van der Waals surface area contributed by atoms with Crippen LogP contribution in [0.2, 0.25) is 0 Å². The zero-order valence-corrected chi connectivity index (χ0v) is 12.6. The summed E-state index contributed by atoms with van der Waals surface area (Å²) in [5.41, 5.74) is 0. The second-order valence-corrected chi connectivity index (χ2v) is 6.47. The molecule has 0 bridgehead atoms. The molecule has 0 amide bonds. The topological polar surface area (TPSA) is 16.1 Å². The Morgan fingerprint density at radius 2 is 2.11 bits per heavy atom. The lowest BCUT2D eigenvalue weighted by Gasteiger charge is -2.35. The Balaban J connectivity index is 1.96. The number of fused-ring (bicyclic) bond motifs is 1. The summed E-state index contributed by atoms with van der Waals surface area (Å²) in [6.07, 6.45) is 8.53. The van der Waals surface area contributed by atoms with Crippen molar-refractivity contribution in [1.82, 2.24) is 4.98 Å². The van der Waals surface area contributed by atoms with Gasteiger partial charge >= 0.3 is 0 Å². The minimum Gasteiger partial charge on any atom is -0.352 e. The van der Waals surface area contributed by atoms with E-state index in [4.69, 9.17) is 11.6 Å². The van der Waals surface area contributed by atoms with Crippen LogP contribution >= 0.6 is 22.9 Å². The van der Waals surface area contributed by atoms with Gasteiger partial charge < -0.3 is 4.90 Å². The molecule has 4 heteroatoms. The molecule has 0 N–H and O–H groups in total. The highest BCUT2D eigenvalue weighted by Crippen LogP contribution is 2.32. The molecule has 1 aliphatic rings. The van der Waals surface area contributed by atoms with E-state index < -0.39 is 0 Å². The number of alkyl halides is 1. The summed E-state index contributed by atoms with van der Waals surface area (Å²) in [7, 11) is 0. The Morgan fingerprint density at radius 1 is 1.26 bits per heavy atom. The average Bonchev–Trinajstić information content (AvgIpc) is 2.94. The number of pyridine rings is 1. The minimum atomic E-state index is 0.616. The van der Waals surface area contributed by atoms with E-state index in [9.17, 15) is 0 Å². The number of thiophene rings is 1. The molecule has 1 aliphatic carbocycles. The Labute approximate surface area is 123 Å². The second-order valence-electron chi connectivity index (χ2n) is 5.14. The van der Waals surface area contributed by atoms with Crippen LogP contribution in [0.4, 0.5) is 5.82 Å². The maximum absolute atomic E-state index is 6.02. The molecule has 2 aromatic rings. The molecule has 1 fully saturated rings. The molecule has 2 aromatic heterocycles. The van der Waals surface area contributed by atoms with Crippen molar-refractivity contribution in [3.8, 4) is 0 Å². The average molecular weight is 295 g/mol. The predicted molar refractivity (Wildman–Crippen MR) is 84.6 cm³/mol. The Hall–Kier alpha value is -0.800. The highest BCUT2D eigenvalue weighted by atomic mass is 35.5. The Morgan fingerprint density at radius 3 is 2.89 bits per heavy atom. The van der Waals surface area contributed by atoms with E-state index in [1.54, 1.807) is 11.3 Å². The van der Waals surface area contributed by atoms with Crippen LogP contribution in [0.25, 0.3) is 10.1 Å². The molecule has 0 spiro atoms. The van der Waals surface area contributed by atoms with Crippen molar-refractivity contribution in [3.05, 3.63) is 23.7 Å². The molecule has 3 rings (SSSR count). The fourth-order valence-electron chi connectivity index (χ4n) is 3.05. The summed E-state index contributed by atoms with van der Waals surface area (Å²) < 4.78 is 1.32. The fourth-order valence-corrected chi connectivity index (χ4v) is 4.01. The highest BCUT2D eigenvalue weighted by molar-refractivity contribution is 7.17. The van der Waals surface area contributed by atoms with Gasteiger partial charge in [-0.1, -0.05) is 19.3 Å². The molecular formula is C15H19ClN2S. The second kappa shape index (κ2) is 6.10. The molecule has 0 atom stereocenters. The van der Waals surface area contributed by atoms with Gasteiger partial charge in [0, 0.05) is 34.7 Å². The van der Waals surface area contributed by atoms with E-state index >= 15 is 0 Å².